The smallest absolute Gasteiger partial charge is 0.338 e. The van der Waals surface area contributed by atoms with Gasteiger partial charge in [0.1, 0.15) is 42.5 Å². The minimum absolute atomic E-state index is 0.196. The molecule has 1 aliphatic rings. The normalized spacial score (nSPS) is 26.3. The molecule has 0 bridgehead atoms. The summed E-state index contributed by atoms with van der Waals surface area (Å²) in [6.07, 6.45) is -3.99. The summed E-state index contributed by atoms with van der Waals surface area (Å²) in [5, 5.41) is 38.8. The van der Waals surface area contributed by atoms with Crippen molar-refractivity contribution >= 4 is 5.97 Å². The van der Waals surface area contributed by atoms with Crippen molar-refractivity contribution in [1.29, 1.82) is 0 Å². The Bertz CT molecular complexity index is 638. The molecular weight excluding hydrogens is 396 g/mol. The van der Waals surface area contributed by atoms with E-state index in [0.717, 1.165) is 25.7 Å². The fourth-order valence-electron chi connectivity index (χ4n) is 2.83. The van der Waals surface area contributed by atoms with Gasteiger partial charge in [-0.05, 0) is 25.0 Å². The summed E-state index contributed by atoms with van der Waals surface area (Å²) >= 11 is 0. The maximum atomic E-state index is 12.5. The molecule has 4 N–H and O–H groups in total. The first-order chi connectivity index (χ1) is 14.4. The molecule has 30 heavy (non-hydrogen) atoms. The molecule has 0 spiro atoms. The van der Waals surface area contributed by atoms with Gasteiger partial charge in [-0.2, -0.15) is 0 Å². The van der Waals surface area contributed by atoms with Gasteiger partial charge in [0.25, 0.3) is 0 Å². The van der Waals surface area contributed by atoms with Crippen LogP contribution in [0.3, 0.4) is 0 Å². The van der Waals surface area contributed by atoms with Crippen LogP contribution in [0, 0.1) is 0 Å². The largest absolute Gasteiger partial charge is 0.493 e. The summed E-state index contributed by atoms with van der Waals surface area (Å²) in [4.78, 5) is 12.5. The van der Waals surface area contributed by atoms with Crippen LogP contribution in [0.4, 0.5) is 0 Å². The average Bonchev–Trinajstić information content (AvgIpc) is 2.74. The van der Waals surface area contributed by atoms with E-state index in [2.05, 4.69) is 0 Å². The Balaban J connectivity index is 2.04. The van der Waals surface area contributed by atoms with Crippen molar-refractivity contribution in [3.8, 4) is 11.5 Å². The van der Waals surface area contributed by atoms with Gasteiger partial charge in [0.15, 0.2) is 6.29 Å². The lowest BCUT2D eigenvalue weighted by atomic mass is 9.99. The van der Waals surface area contributed by atoms with E-state index in [1.165, 1.54) is 12.1 Å². The second-order valence-electron chi connectivity index (χ2n) is 7.23. The fraction of sp³-hybridized carbons (Fsp3) is 0.667. The summed E-state index contributed by atoms with van der Waals surface area (Å²) in [6, 6.07) is 4.79. The molecule has 0 saturated carbocycles. The van der Waals surface area contributed by atoms with E-state index >= 15 is 0 Å². The Kier molecular flexibility index (Phi) is 9.80. The fourth-order valence-corrected chi connectivity index (χ4v) is 2.83. The van der Waals surface area contributed by atoms with Crippen LogP contribution in [0.2, 0.25) is 0 Å². The summed E-state index contributed by atoms with van der Waals surface area (Å²) in [5.41, 5.74) is 0.196. The highest BCUT2D eigenvalue weighted by Crippen LogP contribution is 2.25. The third kappa shape index (κ3) is 6.82. The molecule has 9 nitrogen and oxygen atoms in total. The van der Waals surface area contributed by atoms with Crippen molar-refractivity contribution < 1.29 is 44.2 Å². The van der Waals surface area contributed by atoms with E-state index in [9.17, 15) is 25.2 Å². The monoisotopic (exact) mass is 428 g/mol. The maximum absolute atomic E-state index is 12.5. The number of ether oxygens (including phenoxy) is 4. The molecule has 9 heteroatoms. The van der Waals surface area contributed by atoms with E-state index in [1.54, 1.807) is 6.07 Å². The Morgan fingerprint density at radius 3 is 2.00 bits per heavy atom. The van der Waals surface area contributed by atoms with E-state index < -0.39 is 43.3 Å². The minimum Gasteiger partial charge on any atom is -0.493 e. The lowest BCUT2D eigenvalue weighted by Crippen LogP contribution is -2.58. The first-order valence-corrected chi connectivity index (χ1v) is 10.3. The average molecular weight is 428 g/mol. The predicted octanol–water partition coefficient (Wildman–Crippen LogP) is 1.00. The molecular formula is C21H32O9. The molecule has 1 saturated heterocycles. The summed E-state index contributed by atoms with van der Waals surface area (Å²) in [7, 11) is 0. The van der Waals surface area contributed by atoms with Crippen molar-refractivity contribution in [2.75, 3.05) is 19.8 Å². The van der Waals surface area contributed by atoms with E-state index in [1.807, 2.05) is 13.8 Å². The molecule has 0 aromatic heterocycles. The van der Waals surface area contributed by atoms with E-state index in [4.69, 9.17) is 18.9 Å². The first kappa shape index (κ1) is 24.4. The van der Waals surface area contributed by atoms with Crippen molar-refractivity contribution in [3.05, 3.63) is 23.8 Å². The van der Waals surface area contributed by atoms with E-state index in [0.29, 0.717) is 24.7 Å². The molecule has 1 fully saturated rings. The Hall–Kier alpha value is -1.91. The maximum Gasteiger partial charge on any atom is 0.338 e. The van der Waals surface area contributed by atoms with Gasteiger partial charge in [-0.25, -0.2) is 4.79 Å². The molecule has 1 aliphatic heterocycles. The number of benzene rings is 1. The number of carbonyl (C=O) groups is 1. The SMILES string of the molecule is CCCCOc1cc(OCCCC)cc(C(=O)OCC2O[C@H](O)C(O)[C@@H](O)[C@@H]2O)c1. The number of carbonyl (C=O) groups excluding carboxylic acids is 1. The molecule has 170 valence electrons. The number of aliphatic hydroxyl groups excluding tert-OH is 4. The second kappa shape index (κ2) is 12.1. The molecule has 1 aromatic carbocycles. The highest BCUT2D eigenvalue weighted by molar-refractivity contribution is 5.90. The molecule has 0 aliphatic carbocycles. The zero-order chi connectivity index (χ0) is 22.1. The van der Waals surface area contributed by atoms with E-state index in [-0.39, 0.29) is 5.56 Å². The number of esters is 1. The van der Waals surface area contributed by atoms with Gasteiger partial charge in [0, 0.05) is 6.07 Å². The van der Waals surface area contributed by atoms with Crippen molar-refractivity contribution in [2.24, 2.45) is 0 Å². The lowest BCUT2D eigenvalue weighted by molar-refractivity contribution is -0.286. The summed E-state index contributed by atoms with van der Waals surface area (Å²) in [6.45, 7) is 4.68. The van der Waals surface area contributed by atoms with Crippen molar-refractivity contribution in [2.45, 2.75) is 70.2 Å². The van der Waals surface area contributed by atoms with Crippen molar-refractivity contribution in [1.82, 2.24) is 0 Å². The topological polar surface area (TPSA) is 135 Å². The molecule has 1 aromatic rings. The Morgan fingerprint density at radius 1 is 0.900 bits per heavy atom. The van der Waals surface area contributed by atoms with Crippen LogP contribution in [-0.4, -0.2) is 76.9 Å². The van der Waals surface area contributed by atoms with Gasteiger partial charge in [0.05, 0.1) is 18.8 Å². The Morgan fingerprint density at radius 2 is 1.47 bits per heavy atom. The third-order valence-electron chi connectivity index (χ3n) is 4.71. The van der Waals surface area contributed by atoms with Crippen LogP contribution in [0.5, 0.6) is 11.5 Å². The van der Waals surface area contributed by atoms with Gasteiger partial charge < -0.3 is 39.4 Å². The van der Waals surface area contributed by atoms with Crippen LogP contribution in [0.1, 0.15) is 49.9 Å². The van der Waals surface area contributed by atoms with Gasteiger partial charge in [0.2, 0.25) is 0 Å². The number of rotatable bonds is 11. The highest BCUT2D eigenvalue weighted by atomic mass is 16.6. The molecule has 1 heterocycles. The zero-order valence-corrected chi connectivity index (χ0v) is 17.4. The molecule has 0 amide bonds. The van der Waals surface area contributed by atoms with Crippen LogP contribution >= 0.6 is 0 Å². The number of aliphatic hydroxyl groups is 4. The quantitative estimate of drug-likeness (QED) is 0.301. The zero-order valence-electron chi connectivity index (χ0n) is 17.4. The molecule has 0 radical (unpaired) electrons. The predicted molar refractivity (Wildman–Crippen MR) is 106 cm³/mol. The second-order valence-corrected chi connectivity index (χ2v) is 7.23. The van der Waals surface area contributed by atoms with Crippen LogP contribution in [-0.2, 0) is 9.47 Å². The number of hydrogen-bond donors (Lipinski definition) is 4. The third-order valence-corrected chi connectivity index (χ3v) is 4.71. The van der Waals surface area contributed by atoms with Crippen molar-refractivity contribution in [3.63, 3.8) is 0 Å². The van der Waals surface area contributed by atoms with Gasteiger partial charge in [-0.1, -0.05) is 26.7 Å². The molecule has 2 unspecified atom stereocenters. The number of hydrogen-bond acceptors (Lipinski definition) is 9. The molecule has 5 atom stereocenters. The number of unbranched alkanes of at least 4 members (excludes halogenated alkanes) is 2. The first-order valence-electron chi connectivity index (χ1n) is 10.3. The van der Waals surface area contributed by atoms with Crippen LogP contribution < -0.4 is 9.47 Å². The summed E-state index contributed by atoms with van der Waals surface area (Å²) < 4.78 is 21.6. The van der Waals surface area contributed by atoms with Crippen LogP contribution in [0.15, 0.2) is 18.2 Å². The standard InChI is InChI=1S/C21H32O9/c1-3-5-7-27-14-9-13(10-15(11-14)28-8-6-4-2)20(25)29-12-16-17(22)18(23)19(24)21(26)30-16/h9-11,16-19,21-24,26H,3-8,12H2,1-2H3/t16?,17-,18+,19?,21+/m1/s1. The molecule has 2 rings (SSSR count). The minimum atomic E-state index is -1.69. The Labute approximate surface area is 176 Å². The summed E-state index contributed by atoms with van der Waals surface area (Å²) in [5.74, 6) is 0.252. The van der Waals surface area contributed by atoms with Crippen LogP contribution in [0.25, 0.3) is 0 Å². The lowest BCUT2D eigenvalue weighted by Gasteiger charge is -2.37. The van der Waals surface area contributed by atoms with Gasteiger partial charge in [-0.15, -0.1) is 0 Å². The highest BCUT2D eigenvalue weighted by Gasteiger charge is 2.43. The van der Waals surface area contributed by atoms with Gasteiger partial charge in [-0.3, -0.25) is 0 Å². The van der Waals surface area contributed by atoms with Gasteiger partial charge >= 0.3 is 5.97 Å².